The fourth-order valence-electron chi connectivity index (χ4n) is 2.98. The maximum Gasteiger partial charge on any atom is 0.326 e. The summed E-state index contributed by atoms with van der Waals surface area (Å²) in [5.74, 6) is -1.85. The minimum absolute atomic E-state index is 0.232. The summed E-state index contributed by atoms with van der Waals surface area (Å²) in [6, 6.07) is 6.53. The zero-order valence-electron chi connectivity index (χ0n) is 17.3. The highest BCUT2D eigenvalue weighted by molar-refractivity contribution is 5.91. The van der Waals surface area contributed by atoms with E-state index < -0.39 is 35.9 Å². The molecule has 29 heavy (non-hydrogen) atoms. The molecule has 7 N–H and O–H groups in total. The smallest absolute Gasteiger partial charge is 0.326 e. The largest absolute Gasteiger partial charge is 0.480 e. The van der Waals surface area contributed by atoms with Crippen LogP contribution in [0.2, 0.25) is 0 Å². The molecule has 2 amide bonds. The van der Waals surface area contributed by atoms with Gasteiger partial charge in [0.15, 0.2) is 0 Å². The van der Waals surface area contributed by atoms with Gasteiger partial charge in [0.1, 0.15) is 12.1 Å². The summed E-state index contributed by atoms with van der Waals surface area (Å²) in [6.07, 6.45) is 2.26. The molecule has 1 aromatic rings. The van der Waals surface area contributed by atoms with Gasteiger partial charge in [-0.2, -0.15) is 0 Å². The molecule has 0 fully saturated rings. The molecule has 0 aromatic heterocycles. The third-order valence-electron chi connectivity index (χ3n) is 4.54. The Balaban J connectivity index is 2.88. The molecule has 0 bridgehead atoms. The first-order valence-electron chi connectivity index (χ1n) is 10.1. The van der Waals surface area contributed by atoms with Crippen LogP contribution in [0.4, 0.5) is 0 Å². The molecule has 0 aliphatic heterocycles. The summed E-state index contributed by atoms with van der Waals surface area (Å²) < 4.78 is 0. The summed E-state index contributed by atoms with van der Waals surface area (Å²) >= 11 is 0. The number of unbranched alkanes of at least 4 members (excludes halogenated alkanes) is 1. The van der Waals surface area contributed by atoms with E-state index in [4.69, 9.17) is 11.5 Å². The minimum Gasteiger partial charge on any atom is -0.480 e. The lowest BCUT2D eigenvalue weighted by Gasteiger charge is -2.23. The normalized spacial score (nSPS) is 14.1. The SMILES string of the molecule is CC(C)C[C@H](N)C(=O)N[C@@H](Cc1ccccc1)C(=O)N[C@@H](CCCCN)C(=O)O. The van der Waals surface area contributed by atoms with Crippen molar-refractivity contribution in [1.29, 1.82) is 0 Å². The van der Waals surface area contributed by atoms with Crippen molar-refractivity contribution < 1.29 is 19.5 Å². The van der Waals surface area contributed by atoms with Gasteiger partial charge in [-0.15, -0.1) is 0 Å². The second-order valence-electron chi connectivity index (χ2n) is 7.67. The number of hydrogen-bond acceptors (Lipinski definition) is 5. The Morgan fingerprint density at radius 1 is 1.00 bits per heavy atom. The lowest BCUT2D eigenvalue weighted by molar-refractivity contribution is -0.142. The molecule has 3 atom stereocenters. The van der Waals surface area contributed by atoms with Gasteiger partial charge >= 0.3 is 5.97 Å². The number of amides is 2. The molecule has 0 aliphatic rings. The third-order valence-corrected chi connectivity index (χ3v) is 4.54. The predicted octanol–water partition coefficient (Wildman–Crippen LogP) is 0.786. The van der Waals surface area contributed by atoms with Gasteiger partial charge in [0.05, 0.1) is 6.04 Å². The highest BCUT2D eigenvalue weighted by Gasteiger charge is 2.28. The fraction of sp³-hybridized carbons (Fsp3) is 0.571. The van der Waals surface area contributed by atoms with Crippen LogP contribution in [0.3, 0.4) is 0 Å². The first-order chi connectivity index (χ1) is 13.7. The zero-order valence-corrected chi connectivity index (χ0v) is 17.3. The molecular weight excluding hydrogens is 372 g/mol. The van der Waals surface area contributed by atoms with Crippen LogP contribution in [-0.2, 0) is 20.8 Å². The Morgan fingerprint density at radius 3 is 2.17 bits per heavy atom. The van der Waals surface area contributed by atoms with E-state index in [1.165, 1.54) is 0 Å². The number of carbonyl (C=O) groups excluding carboxylic acids is 2. The number of benzene rings is 1. The second-order valence-corrected chi connectivity index (χ2v) is 7.67. The number of hydrogen-bond donors (Lipinski definition) is 5. The summed E-state index contributed by atoms with van der Waals surface area (Å²) in [5.41, 5.74) is 12.2. The molecule has 8 nitrogen and oxygen atoms in total. The van der Waals surface area contributed by atoms with Crippen LogP contribution >= 0.6 is 0 Å². The van der Waals surface area contributed by atoms with E-state index in [-0.39, 0.29) is 18.8 Å². The molecule has 0 radical (unpaired) electrons. The van der Waals surface area contributed by atoms with E-state index >= 15 is 0 Å². The van der Waals surface area contributed by atoms with Crippen LogP contribution in [0.15, 0.2) is 30.3 Å². The van der Waals surface area contributed by atoms with Crippen LogP contribution < -0.4 is 22.1 Å². The number of aliphatic carboxylic acids is 1. The average Bonchev–Trinajstić information content (AvgIpc) is 2.66. The zero-order chi connectivity index (χ0) is 21.8. The van der Waals surface area contributed by atoms with Crippen molar-refractivity contribution in [1.82, 2.24) is 10.6 Å². The number of carbonyl (C=O) groups is 3. The van der Waals surface area contributed by atoms with E-state index in [0.717, 1.165) is 5.56 Å². The Labute approximate surface area is 172 Å². The van der Waals surface area contributed by atoms with Gasteiger partial charge in [-0.05, 0) is 43.7 Å². The third kappa shape index (κ3) is 9.54. The number of nitrogens with two attached hydrogens (primary N) is 2. The van der Waals surface area contributed by atoms with E-state index in [2.05, 4.69) is 10.6 Å². The first-order valence-corrected chi connectivity index (χ1v) is 10.1. The Bertz CT molecular complexity index is 651. The quantitative estimate of drug-likeness (QED) is 0.306. The highest BCUT2D eigenvalue weighted by Crippen LogP contribution is 2.08. The molecular formula is C21H34N4O4. The monoisotopic (exact) mass is 406 g/mol. The van der Waals surface area contributed by atoms with E-state index in [1.807, 2.05) is 44.2 Å². The number of rotatable bonds is 13. The molecule has 0 saturated heterocycles. The molecule has 1 rings (SSSR count). The van der Waals surface area contributed by atoms with Gasteiger partial charge in [0.25, 0.3) is 0 Å². The molecule has 0 heterocycles. The van der Waals surface area contributed by atoms with Crippen molar-refractivity contribution in [2.45, 2.75) is 64.1 Å². The van der Waals surface area contributed by atoms with Crippen molar-refractivity contribution in [3.8, 4) is 0 Å². The number of carboxylic acids is 1. The summed E-state index contributed by atoms with van der Waals surface area (Å²) in [6.45, 7) is 4.38. The first kappa shape index (κ1) is 24.6. The minimum atomic E-state index is -1.11. The molecule has 8 heteroatoms. The topological polar surface area (TPSA) is 148 Å². The van der Waals surface area contributed by atoms with Gasteiger partial charge in [-0.1, -0.05) is 44.2 Å². The van der Waals surface area contributed by atoms with Crippen molar-refractivity contribution >= 4 is 17.8 Å². The lowest BCUT2D eigenvalue weighted by atomic mass is 10.0. The van der Waals surface area contributed by atoms with Gasteiger partial charge in [-0.25, -0.2) is 4.79 Å². The van der Waals surface area contributed by atoms with E-state index in [9.17, 15) is 19.5 Å². The van der Waals surface area contributed by atoms with Crippen LogP contribution in [0, 0.1) is 5.92 Å². The van der Waals surface area contributed by atoms with Crippen LogP contribution in [0.1, 0.15) is 45.1 Å². The van der Waals surface area contributed by atoms with E-state index in [0.29, 0.717) is 25.8 Å². The van der Waals surface area contributed by atoms with Gasteiger partial charge < -0.3 is 27.2 Å². The van der Waals surface area contributed by atoms with Gasteiger partial charge in [0.2, 0.25) is 11.8 Å². The second kappa shape index (κ2) is 12.9. The molecule has 0 unspecified atom stereocenters. The lowest BCUT2D eigenvalue weighted by Crippen LogP contribution is -2.55. The van der Waals surface area contributed by atoms with Crippen LogP contribution in [0.25, 0.3) is 0 Å². The predicted molar refractivity (Wildman–Crippen MR) is 112 cm³/mol. The number of carboxylic acid groups (broad SMARTS) is 1. The standard InChI is InChI=1S/C21H34N4O4/c1-14(2)12-16(23)19(26)25-18(13-15-8-4-3-5-9-15)20(27)24-17(21(28)29)10-6-7-11-22/h3-5,8-9,14,16-18H,6-7,10-13,22-23H2,1-2H3,(H,24,27)(H,25,26)(H,28,29)/t16-,17-,18-/m0/s1. The fourth-order valence-corrected chi connectivity index (χ4v) is 2.98. The molecule has 162 valence electrons. The molecule has 1 aromatic carbocycles. The highest BCUT2D eigenvalue weighted by atomic mass is 16.4. The maximum atomic E-state index is 12.8. The Morgan fingerprint density at radius 2 is 1.62 bits per heavy atom. The number of nitrogens with one attached hydrogen (secondary N) is 2. The van der Waals surface area contributed by atoms with Crippen LogP contribution in [-0.4, -0.2) is 47.6 Å². The Hall–Kier alpha value is -2.45. The summed E-state index contributed by atoms with van der Waals surface area (Å²) in [5, 5.41) is 14.6. The van der Waals surface area contributed by atoms with Crippen molar-refractivity contribution in [3.05, 3.63) is 35.9 Å². The van der Waals surface area contributed by atoms with Gasteiger partial charge in [-0.3, -0.25) is 9.59 Å². The van der Waals surface area contributed by atoms with Crippen molar-refractivity contribution in [2.24, 2.45) is 17.4 Å². The average molecular weight is 407 g/mol. The maximum absolute atomic E-state index is 12.8. The van der Waals surface area contributed by atoms with Crippen molar-refractivity contribution in [2.75, 3.05) is 6.54 Å². The molecule has 0 saturated carbocycles. The van der Waals surface area contributed by atoms with Crippen molar-refractivity contribution in [3.63, 3.8) is 0 Å². The summed E-state index contributed by atoms with van der Waals surface area (Å²) in [7, 11) is 0. The van der Waals surface area contributed by atoms with Gasteiger partial charge in [0, 0.05) is 6.42 Å². The Kier molecular flexibility index (Phi) is 10.9. The van der Waals surface area contributed by atoms with Crippen LogP contribution in [0.5, 0.6) is 0 Å². The molecule has 0 spiro atoms. The van der Waals surface area contributed by atoms with E-state index in [1.54, 1.807) is 0 Å². The molecule has 0 aliphatic carbocycles. The summed E-state index contributed by atoms with van der Waals surface area (Å²) in [4.78, 5) is 36.8.